The molecule has 0 bridgehead atoms. The van der Waals surface area contributed by atoms with E-state index in [9.17, 15) is 25.0 Å². The summed E-state index contributed by atoms with van der Waals surface area (Å²) >= 11 is 0. The maximum absolute atomic E-state index is 12.4. The molecule has 0 radical (unpaired) electrons. The van der Waals surface area contributed by atoms with Gasteiger partial charge in [0.25, 0.3) is 5.69 Å². The van der Waals surface area contributed by atoms with Crippen LogP contribution in [0.25, 0.3) is 0 Å². The van der Waals surface area contributed by atoms with Gasteiger partial charge in [-0.2, -0.15) is 0 Å². The maximum atomic E-state index is 12.4. The molecule has 2 amide bonds. The molecular weight excluding hydrogens is 372 g/mol. The van der Waals surface area contributed by atoms with Crippen LogP contribution in [-0.2, 0) is 4.74 Å². The number of carbonyl (C=O) groups excluding carboxylic acids is 1. The maximum Gasteiger partial charge on any atom is 0.336 e. The first-order chi connectivity index (χ1) is 13.5. The second kappa shape index (κ2) is 8.80. The molecule has 12 heteroatoms. The molecular formula is C16H22N6O6. The SMILES string of the molecule is O=C(NNc1ccc([N+](=O)[O-])cc1[N+](=O)[O-])N1CCC(N2CCOCC2)CC1. The van der Waals surface area contributed by atoms with Crippen LogP contribution in [0.5, 0.6) is 0 Å². The summed E-state index contributed by atoms with van der Waals surface area (Å²) < 4.78 is 5.36. The number of nitrogens with one attached hydrogen (secondary N) is 2. The van der Waals surface area contributed by atoms with E-state index in [1.54, 1.807) is 4.90 Å². The van der Waals surface area contributed by atoms with Gasteiger partial charge in [-0.1, -0.05) is 0 Å². The van der Waals surface area contributed by atoms with Crippen LogP contribution >= 0.6 is 0 Å². The lowest BCUT2D eigenvalue weighted by Crippen LogP contribution is -2.52. The number of nitro benzene ring substituents is 2. The Labute approximate surface area is 160 Å². The lowest BCUT2D eigenvalue weighted by Gasteiger charge is -2.39. The van der Waals surface area contributed by atoms with Crippen LogP contribution < -0.4 is 10.9 Å². The monoisotopic (exact) mass is 394 g/mol. The Bertz CT molecular complexity index is 745. The van der Waals surface area contributed by atoms with Crippen LogP contribution in [0.15, 0.2) is 18.2 Å². The minimum absolute atomic E-state index is 0.0212. The van der Waals surface area contributed by atoms with Gasteiger partial charge in [-0.15, -0.1) is 0 Å². The average molecular weight is 394 g/mol. The van der Waals surface area contributed by atoms with Crippen molar-refractivity contribution in [2.24, 2.45) is 0 Å². The number of likely N-dealkylation sites (tertiary alicyclic amines) is 1. The quantitative estimate of drug-likeness (QED) is 0.562. The Kier molecular flexibility index (Phi) is 6.21. The van der Waals surface area contributed by atoms with Crippen molar-refractivity contribution < 1.29 is 19.4 Å². The number of hydrogen-bond acceptors (Lipinski definition) is 8. The summed E-state index contributed by atoms with van der Waals surface area (Å²) in [7, 11) is 0. The van der Waals surface area contributed by atoms with Gasteiger partial charge in [0.05, 0.1) is 29.1 Å². The molecule has 2 N–H and O–H groups in total. The van der Waals surface area contributed by atoms with Crippen LogP contribution in [-0.4, -0.2) is 71.1 Å². The third kappa shape index (κ3) is 4.64. The first kappa shape index (κ1) is 19.8. The van der Waals surface area contributed by atoms with E-state index in [0.29, 0.717) is 19.1 Å². The van der Waals surface area contributed by atoms with Crippen LogP contribution in [0.2, 0.25) is 0 Å². The van der Waals surface area contributed by atoms with Gasteiger partial charge in [-0.05, 0) is 18.9 Å². The van der Waals surface area contributed by atoms with E-state index in [1.165, 1.54) is 6.07 Å². The van der Waals surface area contributed by atoms with Crippen molar-refractivity contribution in [2.75, 3.05) is 44.8 Å². The molecule has 0 unspecified atom stereocenters. The highest BCUT2D eigenvalue weighted by Gasteiger charge is 2.28. The number of piperidine rings is 1. The average Bonchev–Trinajstić information content (AvgIpc) is 2.72. The second-order valence-electron chi connectivity index (χ2n) is 6.64. The second-order valence-corrected chi connectivity index (χ2v) is 6.64. The summed E-state index contributed by atoms with van der Waals surface area (Å²) in [5, 5.41) is 21.9. The minimum atomic E-state index is -0.741. The molecule has 0 aliphatic carbocycles. The molecule has 1 aromatic carbocycles. The van der Waals surface area contributed by atoms with E-state index in [1.807, 2.05) is 0 Å². The Morgan fingerprint density at radius 1 is 1.07 bits per heavy atom. The summed E-state index contributed by atoms with van der Waals surface area (Å²) in [6.07, 6.45) is 1.70. The Morgan fingerprint density at radius 3 is 2.36 bits per heavy atom. The fourth-order valence-corrected chi connectivity index (χ4v) is 3.47. The smallest absolute Gasteiger partial charge is 0.336 e. The molecule has 0 spiro atoms. The zero-order chi connectivity index (χ0) is 20.1. The number of nitro groups is 2. The lowest BCUT2D eigenvalue weighted by molar-refractivity contribution is -0.393. The van der Waals surface area contributed by atoms with Crippen molar-refractivity contribution in [3.63, 3.8) is 0 Å². The number of hydrogen-bond donors (Lipinski definition) is 2. The Morgan fingerprint density at radius 2 is 1.75 bits per heavy atom. The highest BCUT2D eigenvalue weighted by atomic mass is 16.6. The van der Waals surface area contributed by atoms with Gasteiger partial charge in [-0.25, -0.2) is 4.79 Å². The third-order valence-electron chi connectivity index (χ3n) is 5.01. The van der Waals surface area contributed by atoms with Crippen LogP contribution in [0, 0.1) is 20.2 Å². The van der Waals surface area contributed by atoms with E-state index in [-0.39, 0.29) is 5.69 Å². The number of urea groups is 1. The van der Waals surface area contributed by atoms with Crippen molar-refractivity contribution in [3.05, 3.63) is 38.4 Å². The van der Waals surface area contributed by atoms with Crippen LogP contribution in [0.4, 0.5) is 21.9 Å². The van der Waals surface area contributed by atoms with Gasteiger partial charge in [-0.3, -0.25) is 36.0 Å². The summed E-state index contributed by atoms with van der Waals surface area (Å²) in [5.41, 5.74) is 4.03. The van der Waals surface area contributed by atoms with Crippen LogP contribution in [0.1, 0.15) is 12.8 Å². The molecule has 12 nitrogen and oxygen atoms in total. The number of non-ortho nitro benzene ring substituents is 1. The molecule has 3 rings (SSSR count). The van der Waals surface area contributed by atoms with Gasteiger partial charge < -0.3 is 9.64 Å². The van der Waals surface area contributed by atoms with Crippen molar-refractivity contribution in [3.8, 4) is 0 Å². The highest BCUT2D eigenvalue weighted by Crippen LogP contribution is 2.28. The predicted molar refractivity (Wildman–Crippen MR) is 98.9 cm³/mol. The first-order valence-electron chi connectivity index (χ1n) is 9.01. The van der Waals surface area contributed by atoms with Crippen molar-refractivity contribution in [2.45, 2.75) is 18.9 Å². The minimum Gasteiger partial charge on any atom is -0.379 e. The molecule has 28 heavy (non-hydrogen) atoms. The number of nitrogens with zero attached hydrogens (tertiary/aromatic N) is 4. The normalized spacial score (nSPS) is 18.5. The molecule has 0 aromatic heterocycles. The van der Waals surface area contributed by atoms with Crippen molar-refractivity contribution >= 4 is 23.1 Å². The van der Waals surface area contributed by atoms with E-state index in [0.717, 1.165) is 51.3 Å². The van der Waals surface area contributed by atoms with E-state index >= 15 is 0 Å². The van der Waals surface area contributed by atoms with Gasteiger partial charge in [0, 0.05) is 38.3 Å². The Hall–Kier alpha value is -2.99. The van der Waals surface area contributed by atoms with Gasteiger partial charge in [0.15, 0.2) is 0 Å². The number of benzene rings is 1. The standard InChI is InChI=1S/C16H22N6O6/c23-16(20-5-3-12(4-6-20)19-7-9-28-10-8-19)18-17-14-2-1-13(21(24)25)11-15(14)22(26)27/h1-2,11-12,17H,3-10H2,(H,18,23). The van der Waals surface area contributed by atoms with E-state index < -0.39 is 27.3 Å². The number of anilines is 1. The lowest BCUT2D eigenvalue weighted by atomic mass is 10.0. The number of hydrazine groups is 1. The summed E-state index contributed by atoms with van der Waals surface area (Å²) in [5.74, 6) is 0. The molecule has 2 saturated heterocycles. The summed E-state index contributed by atoms with van der Waals surface area (Å²) in [6, 6.07) is 3.21. The molecule has 2 aliphatic rings. The summed E-state index contributed by atoms with van der Waals surface area (Å²) in [6.45, 7) is 4.44. The third-order valence-corrected chi connectivity index (χ3v) is 5.01. The molecule has 0 saturated carbocycles. The fraction of sp³-hybridized carbons (Fsp3) is 0.562. The molecule has 2 heterocycles. The zero-order valence-electron chi connectivity index (χ0n) is 15.2. The molecule has 2 fully saturated rings. The largest absolute Gasteiger partial charge is 0.379 e. The van der Waals surface area contributed by atoms with Gasteiger partial charge in [0.2, 0.25) is 0 Å². The fourth-order valence-electron chi connectivity index (χ4n) is 3.47. The topological polar surface area (TPSA) is 143 Å². The van der Waals surface area contributed by atoms with E-state index in [2.05, 4.69) is 15.8 Å². The van der Waals surface area contributed by atoms with Crippen molar-refractivity contribution in [1.82, 2.24) is 15.2 Å². The number of morpholine rings is 1. The first-order valence-corrected chi connectivity index (χ1v) is 9.01. The molecule has 2 aliphatic heterocycles. The van der Waals surface area contributed by atoms with Crippen LogP contribution in [0.3, 0.4) is 0 Å². The highest BCUT2D eigenvalue weighted by molar-refractivity contribution is 5.77. The molecule has 152 valence electrons. The Balaban J connectivity index is 1.53. The number of rotatable bonds is 5. The molecule has 0 atom stereocenters. The zero-order valence-corrected chi connectivity index (χ0v) is 15.2. The number of carbonyl (C=O) groups is 1. The van der Waals surface area contributed by atoms with Gasteiger partial charge in [0.1, 0.15) is 5.69 Å². The molecule has 1 aromatic rings. The predicted octanol–water partition coefficient (Wildman–Crippen LogP) is 1.34. The van der Waals surface area contributed by atoms with Crippen molar-refractivity contribution in [1.29, 1.82) is 0 Å². The number of amides is 2. The van der Waals surface area contributed by atoms with E-state index in [4.69, 9.17) is 4.74 Å². The number of ether oxygens (including phenoxy) is 1. The van der Waals surface area contributed by atoms with Gasteiger partial charge >= 0.3 is 11.7 Å². The summed E-state index contributed by atoms with van der Waals surface area (Å²) in [4.78, 5) is 36.8.